The third kappa shape index (κ3) is 4.50. The van der Waals surface area contributed by atoms with Gasteiger partial charge in [-0.1, -0.05) is 48.0 Å². The molecule has 0 aliphatic rings. The van der Waals surface area contributed by atoms with Crippen molar-refractivity contribution in [2.24, 2.45) is 0 Å². The van der Waals surface area contributed by atoms with Gasteiger partial charge in [0.05, 0.1) is 24.8 Å². The Hall–Kier alpha value is -2.46. The van der Waals surface area contributed by atoms with E-state index in [-0.39, 0.29) is 6.61 Å². The molecule has 120 valence electrons. The Bertz CT molecular complexity index is 696. The number of hydrogen-bond donors (Lipinski definition) is 0. The van der Waals surface area contributed by atoms with Gasteiger partial charge in [0, 0.05) is 0 Å². The molecule has 0 radical (unpaired) electrons. The van der Waals surface area contributed by atoms with Gasteiger partial charge >= 0.3 is 5.97 Å². The number of rotatable bonds is 6. The summed E-state index contributed by atoms with van der Waals surface area (Å²) in [7, 11) is 2.96. The highest BCUT2D eigenvalue weighted by Gasteiger charge is 2.15. The molecule has 0 fully saturated rings. The normalized spacial score (nSPS) is 10.6. The van der Waals surface area contributed by atoms with Gasteiger partial charge in [0.1, 0.15) is 6.61 Å². The van der Waals surface area contributed by atoms with Gasteiger partial charge in [0.25, 0.3) is 0 Å². The summed E-state index contributed by atoms with van der Waals surface area (Å²) in [4.78, 5) is 12.1. The minimum atomic E-state index is -0.481. The van der Waals surface area contributed by atoms with E-state index < -0.39 is 5.97 Å². The second kappa shape index (κ2) is 8.25. The maximum Gasteiger partial charge on any atom is 0.338 e. The molecule has 0 saturated carbocycles. The van der Waals surface area contributed by atoms with Crippen molar-refractivity contribution in [1.82, 2.24) is 0 Å². The first kappa shape index (κ1) is 16.9. The average molecular weight is 333 g/mol. The average Bonchev–Trinajstić information content (AvgIpc) is 2.58. The van der Waals surface area contributed by atoms with Gasteiger partial charge in [-0.05, 0) is 23.8 Å². The van der Waals surface area contributed by atoms with Crippen molar-refractivity contribution in [1.29, 1.82) is 0 Å². The molecule has 5 heteroatoms. The van der Waals surface area contributed by atoms with Crippen molar-refractivity contribution >= 4 is 23.6 Å². The molecule has 0 unspecified atom stereocenters. The van der Waals surface area contributed by atoms with Crippen LogP contribution in [0.5, 0.6) is 11.5 Å². The van der Waals surface area contributed by atoms with E-state index in [0.29, 0.717) is 22.1 Å². The number of carbonyl (C=O) groups is 1. The fraction of sp³-hybridized carbons (Fsp3) is 0.167. The summed E-state index contributed by atoms with van der Waals surface area (Å²) >= 11 is 6.07. The second-order valence-corrected chi connectivity index (χ2v) is 5.01. The highest BCUT2D eigenvalue weighted by atomic mass is 35.5. The molecule has 0 amide bonds. The fourth-order valence-corrected chi connectivity index (χ4v) is 2.28. The van der Waals surface area contributed by atoms with Crippen molar-refractivity contribution in [3.05, 3.63) is 64.7 Å². The molecule has 0 bridgehead atoms. The molecule has 0 atom stereocenters. The van der Waals surface area contributed by atoms with Gasteiger partial charge < -0.3 is 14.2 Å². The lowest BCUT2D eigenvalue weighted by Gasteiger charge is -2.11. The van der Waals surface area contributed by atoms with Gasteiger partial charge in [0.2, 0.25) is 0 Å². The lowest BCUT2D eigenvalue weighted by Crippen LogP contribution is -2.06. The van der Waals surface area contributed by atoms with Gasteiger partial charge in [-0.2, -0.15) is 0 Å². The van der Waals surface area contributed by atoms with Crippen molar-refractivity contribution in [3.8, 4) is 11.5 Å². The Morgan fingerprint density at radius 1 is 1.13 bits per heavy atom. The maximum absolute atomic E-state index is 12.1. The highest BCUT2D eigenvalue weighted by Crippen LogP contribution is 2.36. The number of ether oxygens (including phenoxy) is 3. The van der Waals surface area contributed by atoms with Crippen LogP contribution in [0.2, 0.25) is 5.02 Å². The summed E-state index contributed by atoms with van der Waals surface area (Å²) in [5, 5.41) is 0.290. The minimum Gasteiger partial charge on any atom is -0.493 e. The van der Waals surface area contributed by atoms with Crippen molar-refractivity contribution in [2.45, 2.75) is 0 Å². The summed E-state index contributed by atoms with van der Waals surface area (Å²) in [6.45, 7) is 0.166. The van der Waals surface area contributed by atoms with E-state index >= 15 is 0 Å². The summed E-state index contributed by atoms with van der Waals surface area (Å²) in [6, 6.07) is 12.8. The third-order valence-electron chi connectivity index (χ3n) is 3.09. The molecule has 4 nitrogen and oxygen atoms in total. The van der Waals surface area contributed by atoms with Gasteiger partial charge in [0.15, 0.2) is 11.5 Å². The molecule has 23 heavy (non-hydrogen) atoms. The Balaban J connectivity index is 2.01. The highest BCUT2D eigenvalue weighted by molar-refractivity contribution is 6.32. The first-order chi connectivity index (χ1) is 11.2. The van der Waals surface area contributed by atoms with Crippen LogP contribution in [-0.4, -0.2) is 26.8 Å². The van der Waals surface area contributed by atoms with Gasteiger partial charge in [-0.25, -0.2) is 4.79 Å². The van der Waals surface area contributed by atoms with Crippen LogP contribution in [-0.2, 0) is 4.74 Å². The van der Waals surface area contributed by atoms with Crippen molar-refractivity contribution < 1.29 is 19.0 Å². The van der Waals surface area contributed by atoms with Crippen LogP contribution < -0.4 is 9.47 Å². The quantitative estimate of drug-likeness (QED) is 0.743. The smallest absolute Gasteiger partial charge is 0.338 e. The van der Waals surface area contributed by atoms with Gasteiger partial charge in [-0.3, -0.25) is 0 Å². The van der Waals surface area contributed by atoms with Crippen LogP contribution in [0.3, 0.4) is 0 Å². The maximum atomic E-state index is 12.1. The first-order valence-corrected chi connectivity index (χ1v) is 7.33. The van der Waals surface area contributed by atoms with Crippen LogP contribution in [0.1, 0.15) is 15.9 Å². The van der Waals surface area contributed by atoms with E-state index in [2.05, 4.69) is 0 Å². The number of carbonyl (C=O) groups excluding carboxylic acids is 1. The largest absolute Gasteiger partial charge is 0.493 e. The molecule has 0 aliphatic carbocycles. The van der Waals surface area contributed by atoms with E-state index in [1.807, 2.05) is 36.4 Å². The molecule has 2 aromatic rings. The zero-order valence-electron chi connectivity index (χ0n) is 12.9. The van der Waals surface area contributed by atoms with E-state index in [1.54, 1.807) is 6.08 Å². The predicted molar refractivity (Wildman–Crippen MR) is 90.3 cm³/mol. The molecular weight excluding hydrogens is 316 g/mol. The van der Waals surface area contributed by atoms with Crippen molar-refractivity contribution in [3.63, 3.8) is 0 Å². The topological polar surface area (TPSA) is 44.8 Å². The molecule has 0 heterocycles. The molecule has 2 rings (SSSR count). The summed E-state index contributed by atoms with van der Waals surface area (Å²) < 4.78 is 15.5. The summed E-state index contributed by atoms with van der Waals surface area (Å²) in [5.74, 6) is 0.284. The lowest BCUT2D eigenvalue weighted by molar-refractivity contribution is 0.0549. The minimum absolute atomic E-state index is 0.166. The molecule has 0 saturated heterocycles. The Morgan fingerprint density at radius 2 is 1.87 bits per heavy atom. The molecular formula is C18H17ClO4. The van der Waals surface area contributed by atoms with Crippen LogP contribution in [0.15, 0.2) is 48.5 Å². The van der Waals surface area contributed by atoms with E-state index in [4.69, 9.17) is 25.8 Å². The lowest BCUT2D eigenvalue weighted by atomic mass is 10.2. The van der Waals surface area contributed by atoms with Crippen LogP contribution in [0.25, 0.3) is 6.08 Å². The third-order valence-corrected chi connectivity index (χ3v) is 3.37. The number of esters is 1. The zero-order valence-corrected chi connectivity index (χ0v) is 13.7. The fourth-order valence-electron chi connectivity index (χ4n) is 1.99. The number of halogens is 1. The molecule has 2 aromatic carbocycles. The van der Waals surface area contributed by atoms with E-state index in [9.17, 15) is 4.79 Å². The van der Waals surface area contributed by atoms with Crippen LogP contribution in [0, 0.1) is 0 Å². The summed E-state index contributed by atoms with van der Waals surface area (Å²) in [5.41, 5.74) is 1.35. The molecule has 0 N–H and O–H groups in total. The van der Waals surface area contributed by atoms with E-state index in [1.165, 1.54) is 26.4 Å². The Labute approximate surface area is 140 Å². The Morgan fingerprint density at radius 3 is 2.52 bits per heavy atom. The molecule has 0 aromatic heterocycles. The number of benzene rings is 2. The SMILES string of the molecule is COc1cc(C(=O)OC/C=C/c2ccccc2)cc(Cl)c1OC. The monoisotopic (exact) mass is 332 g/mol. The molecule has 0 spiro atoms. The molecule has 0 aliphatic heterocycles. The second-order valence-electron chi connectivity index (χ2n) is 4.61. The standard InChI is InChI=1S/C18H17ClO4/c1-21-16-12-14(11-15(19)17(16)22-2)18(20)23-10-6-9-13-7-4-3-5-8-13/h3-9,11-12H,10H2,1-2H3/b9-6+. The summed E-state index contributed by atoms with van der Waals surface area (Å²) in [6.07, 6.45) is 3.66. The first-order valence-electron chi connectivity index (χ1n) is 6.96. The number of methoxy groups -OCH3 is 2. The predicted octanol–water partition coefficient (Wildman–Crippen LogP) is 4.23. The zero-order chi connectivity index (χ0) is 16.7. The van der Waals surface area contributed by atoms with Crippen LogP contribution in [0.4, 0.5) is 0 Å². The van der Waals surface area contributed by atoms with Crippen molar-refractivity contribution in [2.75, 3.05) is 20.8 Å². The number of hydrogen-bond acceptors (Lipinski definition) is 4. The Kier molecular flexibility index (Phi) is 6.06. The van der Waals surface area contributed by atoms with Crippen LogP contribution >= 0.6 is 11.6 Å². The van der Waals surface area contributed by atoms with E-state index in [0.717, 1.165) is 5.56 Å². The van der Waals surface area contributed by atoms with Gasteiger partial charge in [-0.15, -0.1) is 0 Å².